The predicted molar refractivity (Wildman–Crippen MR) is 196 cm³/mol. The highest BCUT2D eigenvalue weighted by molar-refractivity contribution is 7.92. The molecule has 12 nitrogen and oxygen atoms in total. The third kappa shape index (κ3) is 7.50. The molecule has 5 saturated carbocycles. The van der Waals surface area contributed by atoms with Crippen LogP contribution in [-0.2, 0) is 29.0 Å². The molecule has 0 spiro atoms. The number of Topliss-reactive ketones (excluding diaryl/α,β-unsaturated/α-hetero) is 1. The number of piperidine rings is 1. The SMILES string of the molecule is CC1([C@H](NC(=O)NC2([C@H]3CCCS3(=O)=O)CCCCC2)C(=O)N2C[C@H]3[C@@H]([C@H]2C(=O)N[C@@H](CCC2CC2)C(=O)C(=O)NC2CC2)C3(C)C)CCCCC1. The summed E-state index contributed by atoms with van der Waals surface area (Å²) in [5.41, 5.74) is -1.60. The first-order chi connectivity index (χ1) is 24.7. The summed E-state index contributed by atoms with van der Waals surface area (Å²) >= 11 is 0. The molecule has 0 bridgehead atoms. The van der Waals surface area contributed by atoms with Crippen LogP contribution in [0, 0.1) is 28.6 Å². The summed E-state index contributed by atoms with van der Waals surface area (Å²) < 4.78 is 26.4. The predicted octanol–water partition coefficient (Wildman–Crippen LogP) is 3.91. The number of fused-ring (bicyclic) bond motifs is 1. The number of hydrogen-bond acceptors (Lipinski definition) is 7. The molecule has 6 atom stereocenters. The van der Waals surface area contributed by atoms with Crippen LogP contribution in [0.5, 0.6) is 0 Å². The topological polar surface area (TPSA) is 171 Å². The number of likely N-dealkylation sites (tertiary alicyclic amines) is 1. The summed E-state index contributed by atoms with van der Waals surface area (Å²) in [4.78, 5) is 71.4. The summed E-state index contributed by atoms with van der Waals surface area (Å²) in [6.45, 7) is 6.64. The van der Waals surface area contributed by atoms with Crippen LogP contribution in [0.4, 0.5) is 4.79 Å². The molecule has 0 aromatic rings. The van der Waals surface area contributed by atoms with Crippen LogP contribution in [0.25, 0.3) is 0 Å². The van der Waals surface area contributed by atoms with E-state index in [9.17, 15) is 32.4 Å². The van der Waals surface area contributed by atoms with E-state index in [1.807, 2.05) is 6.92 Å². The van der Waals surface area contributed by atoms with Crippen molar-refractivity contribution in [2.24, 2.45) is 28.6 Å². The third-order valence-electron chi connectivity index (χ3n) is 14.4. The van der Waals surface area contributed by atoms with Crippen LogP contribution in [-0.4, -0.2) is 90.1 Å². The Morgan fingerprint density at radius 1 is 0.808 bits per heavy atom. The second kappa shape index (κ2) is 14.2. The van der Waals surface area contributed by atoms with Gasteiger partial charge in [0.05, 0.1) is 22.6 Å². The number of hydrogen-bond donors (Lipinski definition) is 4. The van der Waals surface area contributed by atoms with Crippen LogP contribution >= 0.6 is 0 Å². The normalized spacial score (nSPS) is 32.1. The molecular formula is C39H61N5O7S. The minimum Gasteiger partial charge on any atom is -0.347 e. The Morgan fingerprint density at radius 3 is 2.06 bits per heavy atom. The van der Waals surface area contributed by atoms with Gasteiger partial charge in [0.25, 0.3) is 5.91 Å². The van der Waals surface area contributed by atoms with Gasteiger partial charge in [0.15, 0.2) is 9.84 Å². The molecule has 290 valence electrons. The molecule has 7 aliphatic rings. The second-order valence-corrected chi connectivity index (χ2v) is 20.8. The fourth-order valence-electron chi connectivity index (χ4n) is 10.7. The summed E-state index contributed by atoms with van der Waals surface area (Å²) in [6, 6.07) is -3.21. The molecule has 0 aromatic carbocycles. The molecule has 2 saturated heterocycles. The lowest BCUT2D eigenvalue weighted by atomic mass is 9.70. The van der Waals surface area contributed by atoms with Crippen molar-refractivity contribution in [2.75, 3.05) is 12.3 Å². The Hall–Kier alpha value is -2.70. The second-order valence-electron chi connectivity index (χ2n) is 18.5. The highest BCUT2D eigenvalue weighted by atomic mass is 32.2. The van der Waals surface area contributed by atoms with Gasteiger partial charge in [0.1, 0.15) is 12.1 Å². The van der Waals surface area contributed by atoms with Gasteiger partial charge in [0.2, 0.25) is 17.6 Å². The van der Waals surface area contributed by atoms with E-state index >= 15 is 0 Å². The summed E-state index contributed by atoms with van der Waals surface area (Å²) in [5, 5.41) is 11.4. The van der Waals surface area contributed by atoms with Gasteiger partial charge in [-0.25, -0.2) is 13.2 Å². The van der Waals surface area contributed by atoms with Crippen molar-refractivity contribution in [1.82, 2.24) is 26.2 Å². The molecule has 2 heterocycles. The number of nitrogens with one attached hydrogen (secondary N) is 4. The molecule has 0 radical (unpaired) electrons. The zero-order valence-corrected chi connectivity index (χ0v) is 32.3. The van der Waals surface area contributed by atoms with Crippen LogP contribution in [0.15, 0.2) is 0 Å². The standard InChI is InChI=1S/C39H61N5O7S/c1-37(2)26-23-44(30(29(26)37)33(46)41-27(17-14-24-12-13-24)31(45)34(47)40-25-15-16-25)35(48)32(38(3)18-6-4-7-19-38)42-36(49)43-39(20-8-5-9-21-39)28-11-10-22-52(28,50)51/h24-30,32H,4-23H2,1-3H3,(H,40,47)(H,41,46)(H2,42,43,49)/t26-,27-,28+,29-,30-,32+/m0/s1. The maximum Gasteiger partial charge on any atom is 0.315 e. The molecule has 4 N–H and O–H groups in total. The molecule has 5 amide bonds. The number of rotatable bonds is 13. The number of sulfone groups is 1. The zero-order chi connectivity index (χ0) is 37.1. The Morgan fingerprint density at radius 2 is 1.46 bits per heavy atom. The molecule has 2 aliphatic heterocycles. The molecule has 7 rings (SSSR count). The number of carbonyl (C=O) groups is 5. The largest absolute Gasteiger partial charge is 0.347 e. The Labute approximate surface area is 309 Å². The van der Waals surface area contributed by atoms with E-state index in [2.05, 4.69) is 35.1 Å². The van der Waals surface area contributed by atoms with Crippen molar-refractivity contribution < 1.29 is 32.4 Å². The number of carbonyl (C=O) groups excluding carboxylic acids is 5. The third-order valence-corrected chi connectivity index (χ3v) is 16.8. The minimum absolute atomic E-state index is 0.0190. The van der Waals surface area contributed by atoms with Gasteiger partial charge in [0, 0.05) is 12.6 Å². The van der Waals surface area contributed by atoms with Gasteiger partial charge in [-0.2, -0.15) is 0 Å². The molecule has 0 unspecified atom stereocenters. The van der Waals surface area contributed by atoms with Gasteiger partial charge in [-0.15, -0.1) is 0 Å². The fourth-order valence-corrected chi connectivity index (χ4v) is 13.0. The monoisotopic (exact) mass is 743 g/mol. The van der Waals surface area contributed by atoms with Crippen molar-refractivity contribution in [2.45, 2.75) is 171 Å². The van der Waals surface area contributed by atoms with Gasteiger partial charge in [-0.05, 0) is 92.8 Å². The van der Waals surface area contributed by atoms with E-state index in [-0.39, 0.29) is 35.0 Å². The van der Waals surface area contributed by atoms with E-state index in [1.54, 1.807) is 4.90 Å². The molecule has 7 fully saturated rings. The highest BCUT2D eigenvalue weighted by Gasteiger charge is 2.70. The van der Waals surface area contributed by atoms with Crippen molar-refractivity contribution in [1.29, 1.82) is 0 Å². The lowest BCUT2D eigenvalue weighted by molar-refractivity contribution is -0.146. The van der Waals surface area contributed by atoms with E-state index in [0.717, 1.165) is 83.5 Å². The van der Waals surface area contributed by atoms with Crippen molar-refractivity contribution in [3.8, 4) is 0 Å². The number of urea groups is 1. The average Bonchev–Trinajstić information content (AvgIpc) is 4.07. The Kier molecular flexibility index (Phi) is 10.3. The van der Waals surface area contributed by atoms with Crippen LogP contribution in [0.3, 0.4) is 0 Å². The molecule has 0 aromatic heterocycles. The number of nitrogens with zero attached hydrogens (tertiary/aromatic N) is 1. The van der Waals surface area contributed by atoms with Crippen molar-refractivity contribution in [3.05, 3.63) is 0 Å². The lowest BCUT2D eigenvalue weighted by Gasteiger charge is -2.45. The first kappa shape index (κ1) is 37.6. The van der Waals surface area contributed by atoms with Gasteiger partial charge in [-0.3, -0.25) is 19.2 Å². The van der Waals surface area contributed by atoms with Gasteiger partial charge in [-0.1, -0.05) is 72.1 Å². The van der Waals surface area contributed by atoms with E-state index in [0.29, 0.717) is 44.6 Å². The highest BCUT2D eigenvalue weighted by Crippen LogP contribution is 2.65. The summed E-state index contributed by atoms with van der Waals surface area (Å²) in [6.07, 6.45) is 14.3. The zero-order valence-electron chi connectivity index (χ0n) is 31.5. The first-order valence-corrected chi connectivity index (χ1v) is 22.1. The molecule has 5 aliphatic carbocycles. The van der Waals surface area contributed by atoms with Crippen LogP contribution in [0.2, 0.25) is 0 Å². The van der Waals surface area contributed by atoms with Crippen LogP contribution in [0.1, 0.15) is 136 Å². The first-order valence-electron chi connectivity index (χ1n) is 20.4. The average molecular weight is 744 g/mol. The smallest absolute Gasteiger partial charge is 0.315 e. The fraction of sp³-hybridized carbons (Fsp3) is 0.872. The summed E-state index contributed by atoms with van der Waals surface area (Å²) in [5.74, 6) is -1.38. The van der Waals surface area contributed by atoms with E-state index in [4.69, 9.17) is 0 Å². The molecule has 13 heteroatoms. The van der Waals surface area contributed by atoms with E-state index < -0.39 is 67.8 Å². The summed E-state index contributed by atoms with van der Waals surface area (Å²) in [7, 11) is -3.35. The van der Waals surface area contributed by atoms with Gasteiger partial charge >= 0.3 is 6.03 Å². The maximum atomic E-state index is 15.0. The Bertz CT molecular complexity index is 1540. The quantitative estimate of drug-likeness (QED) is 0.207. The minimum atomic E-state index is -3.35. The molecule has 52 heavy (non-hydrogen) atoms. The van der Waals surface area contributed by atoms with E-state index in [1.165, 1.54) is 0 Å². The number of amides is 5. The Balaban J connectivity index is 1.12. The molecular weight excluding hydrogens is 683 g/mol. The lowest BCUT2D eigenvalue weighted by Crippen LogP contribution is -2.66. The van der Waals surface area contributed by atoms with Crippen molar-refractivity contribution in [3.63, 3.8) is 0 Å². The van der Waals surface area contributed by atoms with Crippen LogP contribution < -0.4 is 21.3 Å². The maximum absolute atomic E-state index is 15.0. The van der Waals surface area contributed by atoms with Gasteiger partial charge < -0.3 is 26.2 Å². The number of ketones is 1. The van der Waals surface area contributed by atoms with Crippen molar-refractivity contribution >= 4 is 39.4 Å².